The van der Waals surface area contributed by atoms with Crippen LogP contribution >= 0.6 is 7.37 Å². The number of benzene rings is 4. The van der Waals surface area contributed by atoms with Crippen LogP contribution in [0.5, 0.6) is 17.2 Å². The number of ether oxygens (including phenoxy) is 1. The van der Waals surface area contributed by atoms with E-state index in [1.54, 1.807) is 0 Å². The second-order valence-electron chi connectivity index (χ2n) is 7.05. The number of para-hydroxylation sites is 3. The molecule has 0 aromatic heterocycles. The van der Waals surface area contributed by atoms with Gasteiger partial charge >= 0.3 is 7.37 Å². The molecular formula is C25H20NO3P. The van der Waals surface area contributed by atoms with Crippen LogP contribution in [0.3, 0.4) is 0 Å². The van der Waals surface area contributed by atoms with Gasteiger partial charge in [0.1, 0.15) is 23.0 Å². The molecule has 1 N–H and O–H groups in total. The summed E-state index contributed by atoms with van der Waals surface area (Å²) in [7, 11) is -3.26. The summed E-state index contributed by atoms with van der Waals surface area (Å²) in [5.41, 5.74) is 1.70. The number of hydrogen-bond acceptors (Lipinski definition) is 4. The zero-order chi connectivity index (χ0) is 20.4. The minimum atomic E-state index is -3.26. The summed E-state index contributed by atoms with van der Waals surface area (Å²) >= 11 is 0. The lowest BCUT2D eigenvalue weighted by molar-refractivity contribution is 0.475. The number of anilines is 1. The molecule has 4 aromatic rings. The van der Waals surface area contributed by atoms with Crippen molar-refractivity contribution in [1.29, 1.82) is 0 Å². The van der Waals surface area contributed by atoms with Crippen LogP contribution in [0.1, 0.15) is 11.3 Å². The molecule has 4 nitrogen and oxygen atoms in total. The van der Waals surface area contributed by atoms with Crippen molar-refractivity contribution < 1.29 is 13.8 Å². The van der Waals surface area contributed by atoms with Gasteiger partial charge in [-0.25, -0.2) is 0 Å². The number of fused-ring (bicyclic) bond motifs is 1. The largest absolute Gasteiger partial charge is 0.457 e. The number of hydrogen-bond donors (Lipinski definition) is 1. The fourth-order valence-electron chi connectivity index (χ4n) is 3.56. The first kappa shape index (κ1) is 18.5. The first-order valence-electron chi connectivity index (χ1n) is 9.76. The Hall–Kier alpha value is -3.49. The van der Waals surface area contributed by atoms with E-state index in [1.165, 1.54) is 0 Å². The second kappa shape index (κ2) is 7.74. The first-order chi connectivity index (χ1) is 14.7. The fraction of sp³-hybridized carbons (Fsp3) is 0.0400. The van der Waals surface area contributed by atoms with Crippen molar-refractivity contribution in [1.82, 2.24) is 0 Å². The van der Waals surface area contributed by atoms with Gasteiger partial charge in [0.15, 0.2) is 0 Å². The molecule has 1 aliphatic heterocycles. The molecule has 2 atom stereocenters. The van der Waals surface area contributed by atoms with Crippen LogP contribution in [-0.2, 0) is 4.57 Å². The second-order valence-corrected chi connectivity index (χ2v) is 9.46. The zero-order valence-corrected chi connectivity index (χ0v) is 17.0. The molecule has 0 radical (unpaired) electrons. The molecule has 4 aromatic carbocycles. The Kier molecular flexibility index (Phi) is 4.78. The van der Waals surface area contributed by atoms with Gasteiger partial charge in [-0.05, 0) is 54.1 Å². The van der Waals surface area contributed by atoms with E-state index in [0.717, 1.165) is 22.7 Å². The van der Waals surface area contributed by atoms with E-state index < -0.39 is 13.2 Å². The van der Waals surface area contributed by atoms with Gasteiger partial charge in [-0.1, -0.05) is 60.7 Å². The molecule has 0 fully saturated rings. The summed E-state index contributed by atoms with van der Waals surface area (Å²) in [6.07, 6.45) is 0. The van der Waals surface area contributed by atoms with Gasteiger partial charge in [-0.15, -0.1) is 0 Å². The first-order valence-corrected chi connectivity index (χ1v) is 11.5. The highest BCUT2D eigenvalue weighted by molar-refractivity contribution is 7.67. The quantitative estimate of drug-likeness (QED) is 0.384. The van der Waals surface area contributed by atoms with Crippen LogP contribution in [-0.4, -0.2) is 0 Å². The van der Waals surface area contributed by atoms with Crippen LogP contribution in [0.2, 0.25) is 0 Å². The molecule has 0 saturated heterocycles. The molecule has 0 saturated carbocycles. The van der Waals surface area contributed by atoms with Crippen molar-refractivity contribution in [2.45, 2.75) is 5.78 Å². The SMILES string of the molecule is O=[P@@]1(c2ccccc2)Oc2ccccc2N[C@@H]1c1ccc(Oc2ccccc2)cc1. The number of nitrogens with one attached hydrogen (secondary N) is 1. The number of rotatable bonds is 4. The van der Waals surface area contributed by atoms with E-state index in [-0.39, 0.29) is 0 Å². The maximum Gasteiger partial charge on any atom is 0.303 e. The van der Waals surface area contributed by atoms with Crippen LogP contribution in [0.4, 0.5) is 5.69 Å². The lowest BCUT2D eigenvalue weighted by Crippen LogP contribution is -2.25. The van der Waals surface area contributed by atoms with E-state index in [4.69, 9.17) is 9.26 Å². The zero-order valence-electron chi connectivity index (χ0n) is 16.1. The fourth-order valence-corrected chi connectivity index (χ4v) is 5.98. The Morgan fingerprint density at radius 2 is 1.30 bits per heavy atom. The normalized spacial score (nSPS) is 19.8. The van der Waals surface area contributed by atoms with Crippen LogP contribution < -0.4 is 19.9 Å². The molecule has 30 heavy (non-hydrogen) atoms. The smallest absolute Gasteiger partial charge is 0.303 e. The molecule has 0 aliphatic carbocycles. The predicted molar refractivity (Wildman–Crippen MR) is 120 cm³/mol. The van der Waals surface area contributed by atoms with E-state index in [2.05, 4.69) is 5.32 Å². The van der Waals surface area contributed by atoms with Gasteiger partial charge < -0.3 is 14.6 Å². The summed E-state index contributed by atoms with van der Waals surface area (Å²) < 4.78 is 26.2. The Labute approximate surface area is 175 Å². The van der Waals surface area contributed by atoms with Gasteiger partial charge in [0.25, 0.3) is 0 Å². The molecule has 5 rings (SSSR count). The molecule has 0 bridgehead atoms. The van der Waals surface area contributed by atoms with Crippen molar-refractivity contribution in [2.24, 2.45) is 0 Å². The van der Waals surface area contributed by atoms with Crippen molar-refractivity contribution in [3.05, 3.63) is 115 Å². The predicted octanol–water partition coefficient (Wildman–Crippen LogP) is 6.59. The molecule has 0 unspecified atom stereocenters. The van der Waals surface area contributed by atoms with Gasteiger partial charge in [-0.3, -0.25) is 4.57 Å². The molecule has 0 amide bonds. The molecule has 148 valence electrons. The third kappa shape index (κ3) is 3.47. The summed E-state index contributed by atoms with van der Waals surface area (Å²) in [4.78, 5) is 0. The Bertz CT molecular complexity index is 1190. The average molecular weight is 413 g/mol. The Balaban J connectivity index is 1.51. The summed E-state index contributed by atoms with van der Waals surface area (Å²) in [5, 5.41) is 4.12. The Morgan fingerprint density at radius 1 is 0.700 bits per heavy atom. The lowest BCUT2D eigenvalue weighted by atomic mass is 10.2. The monoisotopic (exact) mass is 413 g/mol. The van der Waals surface area contributed by atoms with Crippen LogP contribution in [0.25, 0.3) is 0 Å². The minimum Gasteiger partial charge on any atom is -0.457 e. The van der Waals surface area contributed by atoms with Crippen molar-refractivity contribution in [3.63, 3.8) is 0 Å². The van der Waals surface area contributed by atoms with Crippen molar-refractivity contribution in [3.8, 4) is 17.2 Å². The average Bonchev–Trinajstić information content (AvgIpc) is 2.80. The molecule has 5 heteroatoms. The highest BCUT2D eigenvalue weighted by Crippen LogP contribution is 2.62. The molecule has 1 heterocycles. The summed E-state index contributed by atoms with van der Waals surface area (Å²) in [5.74, 6) is 1.59. The Morgan fingerprint density at radius 3 is 2.03 bits per heavy atom. The topological polar surface area (TPSA) is 47.6 Å². The van der Waals surface area contributed by atoms with Crippen LogP contribution in [0.15, 0.2) is 109 Å². The third-order valence-electron chi connectivity index (χ3n) is 5.04. The standard InChI is InChI=1S/C25H20NO3P/c27-30(22-11-5-2-6-12-22)25(26-23-13-7-8-14-24(23)29-30)19-15-17-21(18-16-19)28-20-9-3-1-4-10-20/h1-18,25-26H/t25-,30-/m0/s1. The molecular weight excluding hydrogens is 393 g/mol. The minimum absolute atomic E-state index is 0.499. The maximum atomic E-state index is 14.2. The highest BCUT2D eigenvalue weighted by Gasteiger charge is 2.42. The summed E-state index contributed by atoms with van der Waals surface area (Å²) in [6, 6.07) is 34.2. The van der Waals surface area contributed by atoms with E-state index in [1.807, 2.05) is 109 Å². The van der Waals surface area contributed by atoms with Crippen LogP contribution in [0, 0.1) is 0 Å². The third-order valence-corrected chi connectivity index (χ3v) is 7.64. The maximum absolute atomic E-state index is 14.2. The van der Waals surface area contributed by atoms with Gasteiger partial charge in [0, 0.05) is 0 Å². The van der Waals surface area contributed by atoms with Gasteiger partial charge in [0.05, 0.1) is 11.0 Å². The summed E-state index contributed by atoms with van der Waals surface area (Å²) in [6.45, 7) is 0. The van der Waals surface area contributed by atoms with Gasteiger partial charge in [-0.2, -0.15) is 0 Å². The van der Waals surface area contributed by atoms with E-state index in [0.29, 0.717) is 11.1 Å². The van der Waals surface area contributed by atoms with E-state index in [9.17, 15) is 4.57 Å². The molecule has 0 spiro atoms. The van der Waals surface area contributed by atoms with E-state index >= 15 is 0 Å². The lowest BCUT2D eigenvalue weighted by Gasteiger charge is -2.35. The van der Waals surface area contributed by atoms with Crippen molar-refractivity contribution >= 4 is 18.4 Å². The van der Waals surface area contributed by atoms with Gasteiger partial charge in [0.2, 0.25) is 0 Å². The van der Waals surface area contributed by atoms with Crippen molar-refractivity contribution in [2.75, 3.05) is 5.32 Å². The molecule has 1 aliphatic rings. The highest BCUT2D eigenvalue weighted by atomic mass is 31.2.